The Morgan fingerprint density at radius 1 is 1.03 bits per heavy atom. The van der Waals surface area contributed by atoms with Gasteiger partial charge < -0.3 is 16.0 Å². The molecule has 0 saturated heterocycles. The van der Waals surface area contributed by atoms with Crippen LogP contribution in [0.2, 0.25) is 0 Å². The molecule has 0 aliphatic rings. The van der Waals surface area contributed by atoms with Crippen molar-refractivity contribution in [2.24, 2.45) is 4.99 Å². The van der Waals surface area contributed by atoms with Gasteiger partial charge >= 0.3 is 0 Å². The summed E-state index contributed by atoms with van der Waals surface area (Å²) < 4.78 is 0. The normalized spacial score (nSPS) is 12.2. The Morgan fingerprint density at radius 2 is 1.73 bits per heavy atom. The van der Waals surface area contributed by atoms with Crippen molar-refractivity contribution in [2.75, 3.05) is 39.8 Å². The van der Waals surface area contributed by atoms with Gasteiger partial charge in [-0.3, -0.25) is 14.7 Å². The quantitative estimate of drug-likeness (QED) is 0.175. The Kier molecular flexibility index (Phi) is 13.4. The van der Waals surface area contributed by atoms with Crippen molar-refractivity contribution in [1.82, 2.24) is 20.9 Å². The van der Waals surface area contributed by atoms with Crippen molar-refractivity contribution in [3.8, 4) is 0 Å². The van der Waals surface area contributed by atoms with Crippen LogP contribution in [0.4, 0.5) is 0 Å². The molecule has 0 bridgehead atoms. The first-order valence-electron chi connectivity index (χ1n) is 10.2. The lowest BCUT2D eigenvalue weighted by molar-refractivity contribution is 0.0957. The molecule has 30 heavy (non-hydrogen) atoms. The van der Waals surface area contributed by atoms with Gasteiger partial charge in [-0.05, 0) is 36.5 Å². The topological polar surface area (TPSA) is 68.8 Å². The van der Waals surface area contributed by atoms with Gasteiger partial charge in [-0.1, -0.05) is 50.2 Å². The van der Waals surface area contributed by atoms with Gasteiger partial charge in [0.25, 0.3) is 5.91 Å². The van der Waals surface area contributed by atoms with Crippen LogP contribution in [-0.4, -0.2) is 56.5 Å². The summed E-state index contributed by atoms with van der Waals surface area (Å²) in [5.74, 6) is 0.773. The molecule has 0 saturated carbocycles. The number of halogens is 1. The first-order valence-corrected chi connectivity index (χ1v) is 11.1. The van der Waals surface area contributed by atoms with Crippen molar-refractivity contribution >= 4 is 47.2 Å². The molecule has 1 aromatic carbocycles. The summed E-state index contributed by atoms with van der Waals surface area (Å²) in [6.45, 7) is 8.52. The molecule has 1 heterocycles. The fraction of sp³-hybridized carbons (Fsp3) is 0.455. The highest BCUT2D eigenvalue weighted by Crippen LogP contribution is 2.19. The number of amides is 1. The van der Waals surface area contributed by atoms with E-state index in [1.807, 2.05) is 23.6 Å². The van der Waals surface area contributed by atoms with Gasteiger partial charge in [-0.2, -0.15) is 0 Å². The number of aliphatic imine (C=N–C) groups is 1. The van der Waals surface area contributed by atoms with Crippen LogP contribution in [0.3, 0.4) is 0 Å². The second-order valence-corrected chi connectivity index (χ2v) is 7.56. The van der Waals surface area contributed by atoms with Crippen LogP contribution in [0.25, 0.3) is 0 Å². The van der Waals surface area contributed by atoms with Crippen molar-refractivity contribution in [3.05, 3.63) is 58.3 Å². The Balaban J connectivity index is 0.00000450. The molecule has 0 aliphatic carbocycles. The number of likely N-dealkylation sites (N-methyl/N-ethyl adjacent to an activating group) is 1. The highest BCUT2D eigenvalue weighted by atomic mass is 127. The molecule has 6 nitrogen and oxygen atoms in total. The van der Waals surface area contributed by atoms with Crippen LogP contribution >= 0.6 is 35.3 Å². The molecule has 0 spiro atoms. The molecule has 2 aromatic rings. The molecule has 166 valence electrons. The monoisotopic (exact) mass is 543 g/mol. The minimum Gasteiger partial charge on any atom is -0.356 e. The number of nitrogens with zero attached hydrogens (tertiary/aromatic N) is 2. The third kappa shape index (κ3) is 8.61. The highest BCUT2D eigenvalue weighted by molar-refractivity contribution is 14.0. The number of carbonyl (C=O) groups excluding carboxylic acids is 1. The maximum atomic E-state index is 11.9. The lowest BCUT2D eigenvalue weighted by atomic mass is 10.1. The maximum Gasteiger partial charge on any atom is 0.261 e. The fourth-order valence-corrected chi connectivity index (χ4v) is 3.84. The smallest absolute Gasteiger partial charge is 0.261 e. The number of hydrogen-bond donors (Lipinski definition) is 3. The summed E-state index contributed by atoms with van der Waals surface area (Å²) in [5.41, 5.74) is 1.30. The zero-order chi connectivity index (χ0) is 20.9. The van der Waals surface area contributed by atoms with Gasteiger partial charge in [0.05, 0.1) is 10.9 Å². The summed E-state index contributed by atoms with van der Waals surface area (Å²) in [7, 11) is 1.78. The number of thiophene rings is 1. The Hall–Kier alpha value is -1.65. The second kappa shape index (κ2) is 15.2. The van der Waals surface area contributed by atoms with Gasteiger partial charge in [0.1, 0.15) is 0 Å². The molecule has 1 atom stereocenters. The first-order chi connectivity index (χ1) is 14.2. The van der Waals surface area contributed by atoms with E-state index in [-0.39, 0.29) is 35.9 Å². The zero-order valence-corrected chi connectivity index (χ0v) is 21.2. The summed E-state index contributed by atoms with van der Waals surface area (Å²) >= 11 is 1.46. The summed E-state index contributed by atoms with van der Waals surface area (Å²) in [4.78, 5) is 19.4. The molecule has 0 fully saturated rings. The summed E-state index contributed by atoms with van der Waals surface area (Å²) in [6, 6.07) is 14.6. The largest absolute Gasteiger partial charge is 0.356 e. The molecule has 8 heteroatoms. The van der Waals surface area contributed by atoms with Crippen LogP contribution in [0, 0.1) is 0 Å². The van der Waals surface area contributed by atoms with Crippen molar-refractivity contribution in [2.45, 2.75) is 26.3 Å². The zero-order valence-electron chi connectivity index (χ0n) is 18.1. The average molecular weight is 544 g/mol. The number of rotatable bonds is 11. The van der Waals surface area contributed by atoms with Crippen LogP contribution < -0.4 is 16.0 Å². The third-order valence-electron chi connectivity index (χ3n) is 4.80. The fourth-order valence-electron chi connectivity index (χ4n) is 3.20. The minimum atomic E-state index is -0.00701. The molecular weight excluding hydrogens is 509 g/mol. The van der Waals surface area contributed by atoms with Gasteiger partial charge in [0.2, 0.25) is 0 Å². The van der Waals surface area contributed by atoms with Gasteiger partial charge in [0, 0.05) is 26.7 Å². The molecule has 1 amide bonds. The van der Waals surface area contributed by atoms with E-state index in [9.17, 15) is 4.79 Å². The van der Waals surface area contributed by atoms with E-state index in [0.29, 0.717) is 6.54 Å². The Morgan fingerprint density at radius 3 is 2.33 bits per heavy atom. The van der Waals surface area contributed by atoms with E-state index in [2.05, 4.69) is 64.0 Å². The highest BCUT2D eigenvalue weighted by Gasteiger charge is 2.18. The van der Waals surface area contributed by atoms with Crippen molar-refractivity contribution in [3.63, 3.8) is 0 Å². The molecule has 3 N–H and O–H groups in total. The summed E-state index contributed by atoms with van der Waals surface area (Å²) in [5, 5.41) is 11.6. The van der Waals surface area contributed by atoms with E-state index >= 15 is 0 Å². The molecule has 0 aliphatic heterocycles. The average Bonchev–Trinajstić information content (AvgIpc) is 3.30. The Bertz CT molecular complexity index is 735. The van der Waals surface area contributed by atoms with Gasteiger partial charge in [-0.15, -0.1) is 35.3 Å². The standard InChI is InChI=1S/C22H33N5OS.HI/c1-4-27(5-2)19(18-11-7-6-8-12-18)17-26-22(23-3)25-15-10-14-24-21(28)20-13-9-16-29-20;/h6-9,11-13,16,19H,4-5,10,14-15,17H2,1-3H3,(H,24,28)(H2,23,25,26);1H. The van der Waals surface area contributed by atoms with Crippen molar-refractivity contribution in [1.29, 1.82) is 0 Å². The van der Waals surface area contributed by atoms with Gasteiger partial charge in [-0.25, -0.2) is 0 Å². The lowest BCUT2D eigenvalue weighted by Crippen LogP contribution is -2.43. The number of guanidine groups is 1. The summed E-state index contributed by atoms with van der Waals surface area (Å²) in [6.07, 6.45) is 0.829. The molecule has 0 radical (unpaired) electrons. The number of carbonyl (C=O) groups is 1. The van der Waals surface area contributed by atoms with E-state index < -0.39 is 0 Å². The Labute approximate surface area is 201 Å². The van der Waals surface area contributed by atoms with E-state index in [4.69, 9.17) is 0 Å². The second-order valence-electron chi connectivity index (χ2n) is 6.61. The predicted molar refractivity (Wildman–Crippen MR) is 138 cm³/mol. The van der Waals surface area contributed by atoms with Crippen molar-refractivity contribution < 1.29 is 4.79 Å². The van der Waals surface area contributed by atoms with Crippen LogP contribution in [0.1, 0.15) is 41.5 Å². The van der Waals surface area contributed by atoms with E-state index in [1.54, 1.807) is 7.05 Å². The first kappa shape index (κ1) is 26.4. The molecule has 2 rings (SSSR count). The molecular formula is C22H34IN5OS. The number of nitrogens with one attached hydrogen (secondary N) is 3. The third-order valence-corrected chi connectivity index (χ3v) is 5.67. The van der Waals surface area contributed by atoms with Crippen LogP contribution in [-0.2, 0) is 0 Å². The van der Waals surface area contributed by atoms with Crippen LogP contribution in [0.5, 0.6) is 0 Å². The number of benzene rings is 1. The minimum absolute atomic E-state index is 0. The maximum absolute atomic E-state index is 11.9. The molecule has 1 aromatic heterocycles. The van der Waals surface area contributed by atoms with Crippen LogP contribution in [0.15, 0.2) is 52.8 Å². The molecule has 1 unspecified atom stereocenters. The number of hydrogen-bond acceptors (Lipinski definition) is 4. The predicted octanol–water partition coefficient (Wildman–Crippen LogP) is 3.73. The van der Waals surface area contributed by atoms with Gasteiger partial charge in [0.15, 0.2) is 5.96 Å². The lowest BCUT2D eigenvalue weighted by Gasteiger charge is -2.30. The van der Waals surface area contributed by atoms with E-state index in [1.165, 1.54) is 16.9 Å². The SMILES string of the molecule is CCN(CC)C(CNC(=NC)NCCCNC(=O)c1cccs1)c1ccccc1.I. The van der Waals surface area contributed by atoms with E-state index in [0.717, 1.165) is 43.4 Å².